The second kappa shape index (κ2) is 3.84. The zero-order valence-corrected chi connectivity index (χ0v) is 11.2. The van der Waals surface area contributed by atoms with Gasteiger partial charge in [0.15, 0.2) is 0 Å². The summed E-state index contributed by atoms with van der Waals surface area (Å²) in [6, 6.07) is 0. The molecule has 0 N–H and O–H groups in total. The Morgan fingerprint density at radius 3 is 2.53 bits per heavy atom. The highest BCUT2D eigenvalue weighted by atomic mass is 16.6. The standard InChI is InChI=1S/C14H22O3/c1-11(15)17-13(4)8-5-7-12(2,3)14(13)9-6-10-16-14/h6,9H,5,7-8,10H2,1-4H3. The first-order valence-corrected chi connectivity index (χ1v) is 6.34. The fourth-order valence-corrected chi connectivity index (χ4v) is 3.59. The van der Waals surface area contributed by atoms with Crippen molar-refractivity contribution in [2.75, 3.05) is 6.61 Å². The molecule has 3 nitrogen and oxygen atoms in total. The van der Waals surface area contributed by atoms with Gasteiger partial charge in [0.05, 0.1) is 6.61 Å². The lowest BCUT2D eigenvalue weighted by Crippen LogP contribution is -2.64. The van der Waals surface area contributed by atoms with Crippen molar-refractivity contribution >= 4 is 5.97 Å². The van der Waals surface area contributed by atoms with Crippen molar-refractivity contribution in [1.29, 1.82) is 0 Å². The Morgan fingerprint density at radius 1 is 1.29 bits per heavy atom. The molecule has 1 aliphatic carbocycles. The topological polar surface area (TPSA) is 35.5 Å². The molecule has 0 aromatic rings. The minimum absolute atomic E-state index is 0.0115. The molecule has 1 saturated carbocycles. The van der Waals surface area contributed by atoms with Crippen LogP contribution in [0.25, 0.3) is 0 Å². The largest absolute Gasteiger partial charge is 0.456 e. The van der Waals surface area contributed by atoms with E-state index in [1.165, 1.54) is 6.92 Å². The second-order valence-corrected chi connectivity index (χ2v) is 6.01. The third kappa shape index (κ3) is 1.71. The summed E-state index contributed by atoms with van der Waals surface area (Å²) in [5.41, 5.74) is -1.03. The van der Waals surface area contributed by atoms with E-state index in [0.717, 1.165) is 19.3 Å². The number of esters is 1. The van der Waals surface area contributed by atoms with Crippen LogP contribution in [-0.2, 0) is 14.3 Å². The average Bonchev–Trinajstić information content (AvgIpc) is 2.63. The first-order chi connectivity index (χ1) is 7.83. The Hall–Kier alpha value is -0.830. The Kier molecular flexibility index (Phi) is 2.85. The summed E-state index contributed by atoms with van der Waals surface area (Å²) < 4.78 is 11.7. The maximum absolute atomic E-state index is 11.4. The van der Waals surface area contributed by atoms with Gasteiger partial charge in [0, 0.05) is 12.3 Å². The molecular formula is C14H22O3. The molecule has 2 aliphatic rings. The molecule has 0 aromatic carbocycles. The van der Waals surface area contributed by atoms with Gasteiger partial charge in [-0.15, -0.1) is 0 Å². The van der Waals surface area contributed by atoms with E-state index in [4.69, 9.17) is 9.47 Å². The number of carbonyl (C=O) groups excluding carboxylic acids is 1. The smallest absolute Gasteiger partial charge is 0.303 e. The monoisotopic (exact) mass is 238 g/mol. The SMILES string of the molecule is CC(=O)OC1(C)CCCC(C)(C)C12C=CCO2. The third-order valence-corrected chi connectivity index (χ3v) is 4.38. The summed E-state index contributed by atoms with van der Waals surface area (Å²) in [5.74, 6) is -0.228. The van der Waals surface area contributed by atoms with E-state index in [-0.39, 0.29) is 11.4 Å². The number of hydrogen-bond acceptors (Lipinski definition) is 3. The number of carbonyl (C=O) groups is 1. The minimum Gasteiger partial charge on any atom is -0.456 e. The summed E-state index contributed by atoms with van der Waals surface area (Å²) in [4.78, 5) is 11.4. The highest BCUT2D eigenvalue weighted by Gasteiger charge is 2.62. The van der Waals surface area contributed by atoms with Gasteiger partial charge >= 0.3 is 5.97 Å². The van der Waals surface area contributed by atoms with Crippen molar-refractivity contribution in [2.24, 2.45) is 5.41 Å². The van der Waals surface area contributed by atoms with Crippen LogP contribution < -0.4 is 0 Å². The summed E-state index contributed by atoms with van der Waals surface area (Å²) >= 11 is 0. The predicted octanol–water partition coefficient (Wildman–Crippen LogP) is 2.84. The van der Waals surface area contributed by atoms with Gasteiger partial charge in [-0.2, -0.15) is 0 Å². The van der Waals surface area contributed by atoms with E-state index >= 15 is 0 Å². The molecule has 0 aromatic heterocycles. The first kappa shape index (κ1) is 12.6. The molecule has 1 fully saturated rings. The molecule has 0 radical (unpaired) electrons. The maximum Gasteiger partial charge on any atom is 0.303 e. The first-order valence-electron chi connectivity index (χ1n) is 6.34. The van der Waals surface area contributed by atoms with Crippen LogP contribution in [0.4, 0.5) is 0 Å². The summed E-state index contributed by atoms with van der Waals surface area (Å²) in [7, 11) is 0. The quantitative estimate of drug-likeness (QED) is 0.520. The Balaban J connectivity index is 2.43. The van der Waals surface area contributed by atoms with Crippen LogP contribution in [0.5, 0.6) is 0 Å². The van der Waals surface area contributed by atoms with Crippen LogP contribution in [0, 0.1) is 5.41 Å². The Bertz CT molecular complexity index is 358. The van der Waals surface area contributed by atoms with Crippen molar-refractivity contribution in [3.8, 4) is 0 Å². The van der Waals surface area contributed by atoms with Crippen molar-refractivity contribution in [2.45, 2.75) is 58.2 Å². The van der Waals surface area contributed by atoms with Crippen LogP contribution in [0.1, 0.15) is 47.0 Å². The lowest BCUT2D eigenvalue weighted by atomic mass is 9.58. The highest BCUT2D eigenvalue weighted by Crippen LogP contribution is 2.55. The van der Waals surface area contributed by atoms with Crippen molar-refractivity contribution < 1.29 is 14.3 Å². The molecule has 1 aliphatic heterocycles. The lowest BCUT2D eigenvalue weighted by molar-refractivity contribution is -0.228. The summed E-state index contributed by atoms with van der Waals surface area (Å²) in [6.45, 7) is 8.48. The van der Waals surface area contributed by atoms with Gasteiger partial charge < -0.3 is 9.47 Å². The normalized spacial score (nSPS) is 39.5. The van der Waals surface area contributed by atoms with E-state index in [1.54, 1.807) is 0 Å². The van der Waals surface area contributed by atoms with Gasteiger partial charge in [-0.3, -0.25) is 4.79 Å². The molecule has 2 atom stereocenters. The zero-order valence-electron chi connectivity index (χ0n) is 11.2. The van der Waals surface area contributed by atoms with Gasteiger partial charge in [-0.25, -0.2) is 0 Å². The molecule has 2 rings (SSSR count). The molecule has 0 amide bonds. The molecule has 1 heterocycles. The molecule has 2 unspecified atom stereocenters. The maximum atomic E-state index is 11.4. The minimum atomic E-state index is -0.548. The fourth-order valence-electron chi connectivity index (χ4n) is 3.59. The van der Waals surface area contributed by atoms with Gasteiger partial charge in [0.2, 0.25) is 0 Å². The highest BCUT2D eigenvalue weighted by molar-refractivity contribution is 5.67. The number of ether oxygens (including phenoxy) is 2. The summed E-state index contributed by atoms with van der Waals surface area (Å²) in [5, 5.41) is 0. The van der Waals surface area contributed by atoms with Crippen molar-refractivity contribution in [3.05, 3.63) is 12.2 Å². The van der Waals surface area contributed by atoms with Gasteiger partial charge in [-0.1, -0.05) is 26.0 Å². The fraction of sp³-hybridized carbons (Fsp3) is 0.786. The van der Waals surface area contributed by atoms with Crippen molar-refractivity contribution in [3.63, 3.8) is 0 Å². The molecule has 96 valence electrons. The van der Waals surface area contributed by atoms with Crippen molar-refractivity contribution in [1.82, 2.24) is 0 Å². The molecular weight excluding hydrogens is 216 g/mol. The van der Waals surface area contributed by atoms with Crippen LogP contribution in [0.15, 0.2) is 12.2 Å². The third-order valence-electron chi connectivity index (χ3n) is 4.38. The van der Waals surface area contributed by atoms with Gasteiger partial charge in [-0.05, 0) is 26.2 Å². The Labute approximate surface area is 103 Å². The van der Waals surface area contributed by atoms with E-state index in [9.17, 15) is 4.79 Å². The molecule has 0 saturated heterocycles. The molecule has 17 heavy (non-hydrogen) atoms. The Morgan fingerprint density at radius 2 is 2.00 bits per heavy atom. The van der Waals surface area contributed by atoms with Crippen LogP contribution in [-0.4, -0.2) is 23.8 Å². The average molecular weight is 238 g/mol. The van der Waals surface area contributed by atoms with E-state index in [2.05, 4.69) is 19.9 Å². The van der Waals surface area contributed by atoms with E-state index in [1.807, 2.05) is 13.0 Å². The van der Waals surface area contributed by atoms with E-state index in [0.29, 0.717) is 6.61 Å². The van der Waals surface area contributed by atoms with Gasteiger partial charge in [0.25, 0.3) is 0 Å². The molecule has 0 bridgehead atoms. The zero-order chi connectivity index (χ0) is 12.7. The number of rotatable bonds is 1. The van der Waals surface area contributed by atoms with Crippen LogP contribution in [0.3, 0.4) is 0 Å². The molecule has 3 heteroatoms. The van der Waals surface area contributed by atoms with Gasteiger partial charge in [0.1, 0.15) is 11.2 Å². The molecule has 1 spiro atoms. The second-order valence-electron chi connectivity index (χ2n) is 6.01. The lowest BCUT2D eigenvalue weighted by Gasteiger charge is -2.56. The van der Waals surface area contributed by atoms with Crippen LogP contribution >= 0.6 is 0 Å². The van der Waals surface area contributed by atoms with E-state index < -0.39 is 11.2 Å². The number of hydrogen-bond donors (Lipinski definition) is 0. The summed E-state index contributed by atoms with van der Waals surface area (Å²) in [6.07, 6.45) is 7.16. The predicted molar refractivity (Wildman–Crippen MR) is 65.6 cm³/mol. The van der Waals surface area contributed by atoms with Crippen LogP contribution in [0.2, 0.25) is 0 Å².